The highest BCUT2D eigenvalue weighted by molar-refractivity contribution is 4.80. The lowest BCUT2D eigenvalue weighted by molar-refractivity contribution is -0.377. The maximum absolute atomic E-state index is 10.4. The van der Waals surface area contributed by atoms with Crippen molar-refractivity contribution in [2.24, 2.45) is 5.92 Å². The maximum atomic E-state index is 10.4. The topological polar surface area (TPSA) is 29.1 Å². The van der Waals surface area contributed by atoms with E-state index in [-0.39, 0.29) is 0 Å². The Bertz CT molecular complexity index is 115. The summed E-state index contributed by atoms with van der Waals surface area (Å²) in [6, 6.07) is 0. The van der Waals surface area contributed by atoms with Gasteiger partial charge in [-0.1, -0.05) is 19.3 Å². The molecule has 2 nitrogen and oxygen atoms in total. The van der Waals surface area contributed by atoms with Gasteiger partial charge in [-0.05, 0) is 37.9 Å². The summed E-state index contributed by atoms with van der Waals surface area (Å²) in [6.07, 6.45) is 6.17. The Balaban J connectivity index is 2.43. The molecule has 0 spiro atoms. The van der Waals surface area contributed by atoms with Crippen LogP contribution < -0.4 is 0 Å². The molecule has 65 valence electrons. The van der Waals surface area contributed by atoms with E-state index in [0.717, 1.165) is 12.8 Å². The third-order valence-electron chi connectivity index (χ3n) is 2.80. The standard InChI is InChI=1S/C9H17O2/c1-9(2,11-10)8-6-4-3-5-7-8/h8H,3-7H2,1-2H3. The smallest absolute Gasteiger partial charge is 0.104 e. The summed E-state index contributed by atoms with van der Waals surface area (Å²) in [5.41, 5.74) is -0.444. The summed E-state index contributed by atoms with van der Waals surface area (Å²) < 4.78 is 0. The molecule has 1 aliphatic carbocycles. The van der Waals surface area contributed by atoms with Crippen LogP contribution in [0.3, 0.4) is 0 Å². The van der Waals surface area contributed by atoms with E-state index in [1.807, 2.05) is 13.8 Å². The highest BCUT2D eigenvalue weighted by Crippen LogP contribution is 2.33. The van der Waals surface area contributed by atoms with E-state index < -0.39 is 5.60 Å². The molecule has 11 heavy (non-hydrogen) atoms. The number of hydrogen-bond acceptors (Lipinski definition) is 1. The van der Waals surface area contributed by atoms with Crippen LogP contribution >= 0.6 is 0 Å². The van der Waals surface area contributed by atoms with Gasteiger partial charge in [-0.3, -0.25) is 0 Å². The van der Waals surface area contributed by atoms with E-state index in [0.29, 0.717) is 5.92 Å². The zero-order chi connectivity index (χ0) is 8.32. The molecule has 1 saturated carbocycles. The van der Waals surface area contributed by atoms with Crippen LogP contribution in [-0.2, 0) is 10.1 Å². The van der Waals surface area contributed by atoms with Gasteiger partial charge in [-0.2, -0.15) is 4.89 Å². The average molecular weight is 157 g/mol. The van der Waals surface area contributed by atoms with Crippen LogP contribution in [0.25, 0.3) is 0 Å². The summed E-state index contributed by atoms with van der Waals surface area (Å²) in [5, 5.41) is 10.4. The molecule has 0 saturated heterocycles. The molecule has 0 heterocycles. The van der Waals surface area contributed by atoms with Gasteiger partial charge in [0.15, 0.2) is 0 Å². The molecule has 1 radical (unpaired) electrons. The van der Waals surface area contributed by atoms with Crippen molar-refractivity contribution in [3.8, 4) is 0 Å². The van der Waals surface area contributed by atoms with Crippen LogP contribution in [0.15, 0.2) is 0 Å². The van der Waals surface area contributed by atoms with Crippen molar-refractivity contribution in [1.82, 2.24) is 0 Å². The normalized spacial score (nSPS) is 22.1. The van der Waals surface area contributed by atoms with Crippen LogP contribution in [-0.4, -0.2) is 5.60 Å². The van der Waals surface area contributed by atoms with E-state index in [9.17, 15) is 5.26 Å². The number of hydrogen-bond donors (Lipinski definition) is 0. The summed E-state index contributed by atoms with van der Waals surface area (Å²) >= 11 is 0. The highest BCUT2D eigenvalue weighted by atomic mass is 17.1. The molecule has 0 aliphatic heterocycles. The van der Waals surface area contributed by atoms with Crippen LogP contribution in [0.1, 0.15) is 46.0 Å². The molecule has 0 aromatic carbocycles. The van der Waals surface area contributed by atoms with Gasteiger partial charge in [0.25, 0.3) is 0 Å². The lowest BCUT2D eigenvalue weighted by Crippen LogP contribution is -2.34. The third-order valence-corrected chi connectivity index (χ3v) is 2.80. The van der Waals surface area contributed by atoms with Gasteiger partial charge in [-0.25, -0.2) is 0 Å². The van der Waals surface area contributed by atoms with E-state index in [1.165, 1.54) is 19.3 Å². The molecule has 2 heteroatoms. The Morgan fingerprint density at radius 2 is 1.73 bits per heavy atom. The second-order valence-corrected chi connectivity index (χ2v) is 4.02. The highest BCUT2D eigenvalue weighted by Gasteiger charge is 2.32. The first kappa shape index (κ1) is 9.01. The van der Waals surface area contributed by atoms with Crippen LogP contribution in [0.5, 0.6) is 0 Å². The van der Waals surface area contributed by atoms with Crippen molar-refractivity contribution in [2.45, 2.75) is 51.6 Å². The fourth-order valence-electron chi connectivity index (χ4n) is 1.87. The maximum Gasteiger partial charge on any atom is 0.104 e. The predicted molar refractivity (Wildman–Crippen MR) is 42.4 cm³/mol. The fourth-order valence-corrected chi connectivity index (χ4v) is 1.87. The largest absolute Gasteiger partial charge is 0.197 e. The van der Waals surface area contributed by atoms with E-state index in [1.54, 1.807) is 0 Å². The van der Waals surface area contributed by atoms with Gasteiger partial charge in [-0.15, -0.1) is 0 Å². The van der Waals surface area contributed by atoms with Crippen LogP contribution in [0, 0.1) is 5.92 Å². The molecule has 0 unspecified atom stereocenters. The van der Waals surface area contributed by atoms with Crippen molar-refractivity contribution in [2.75, 3.05) is 0 Å². The van der Waals surface area contributed by atoms with Crippen molar-refractivity contribution in [3.63, 3.8) is 0 Å². The quantitative estimate of drug-likeness (QED) is 0.447. The Morgan fingerprint density at radius 1 is 1.18 bits per heavy atom. The van der Waals surface area contributed by atoms with Gasteiger partial charge >= 0.3 is 0 Å². The predicted octanol–water partition coefficient (Wildman–Crippen LogP) is 2.71. The van der Waals surface area contributed by atoms with E-state index >= 15 is 0 Å². The first-order valence-corrected chi connectivity index (χ1v) is 4.48. The zero-order valence-electron chi connectivity index (χ0n) is 7.43. The zero-order valence-corrected chi connectivity index (χ0v) is 7.43. The van der Waals surface area contributed by atoms with Crippen LogP contribution in [0.2, 0.25) is 0 Å². The van der Waals surface area contributed by atoms with Crippen molar-refractivity contribution in [1.29, 1.82) is 0 Å². The SMILES string of the molecule is CC(C)(O[O])C1CCCCC1. The molecule has 0 atom stereocenters. The minimum absolute atomic E-state index is 0.444. The Morgan fingerprint density at radius 3 is 2.18 bits per heavy atom. The lowest BCUT2D eigenvalue weighted by Gasteiger charge is -2.32. The second-order valence-electron chi connectivity index (χ2n) is 4.02. The fraction of sp³-hybridized carbons (Fsp3) is 1.00. The Labute approximate surface area is 68.5 Å². The van der Waals surface area contributed by atoms with Crippen molar-refractivity contribution < 1.29 is 10.1 Å². The molecule has 0 aromatic rings. The lowest BCUT2D eigenvalue weighted by atomic mass is 9.79. The van der Waals surface area contributed by atoms with Gasteiger partial charge in [0, 0.05) is 0 Å². The first-order valence-electron chi connectivity index (χ1n) is 4.48. The van der Waals surface area contributed by atoms with Gasteiger partial charge in [0.05, 0.1) is 0 Å². The van der Waals surface area contributed by atoms with Gasteiger partial charge < -0.3 is 0 Å². The summed E-state index contributed by atoms with van der Waals surface area (Å²) in [5.74, 6) is 0.480. The molecule has 0 amide bonds. The molecule has 0 aromatic heterocycles. The second kappa shape index (κ2) is 3.55. The number of rotatable bonds is 2. The molecular weight excluding hydrogens is 140 g/mol. The van der Waals surface area contributed by atoms with Crippen molar-refractivity contribution in [3.05, 3.63) is 0 Å². The molecule has 1 rings (SSSR count). The van der Waals surface area contributed by atoms with Crippen molar-refractivity contribution >= 4 is 0 Å². The van der Waals surface area contributed by atoms with E-state index in [4.69, 9.17) is 0 Å². The molecular formula is C9H17O2. The Kier molecular flexibility index (Phi) is 2.90. The minimum Gasteiger partial charge on any atom is -0.197 e. The third kappa shape index (κ3) is 2.17. The summed E-state index contributed by atoms with van der Waals surface area (Å²) in [6.45, 7) is 3.80. The summed E-state index contributed by atoms with van der Waals surface area (Å²) in [4.78, 5) is 4.23. The van der Waals surface area contributed by atoms with Gasteiger partial charge in [0.2, 0.25) is 0 Å². The molecule has 1 aliphatic rings. The van der Waals surface area contributed by atoms with Gasteiger partial charge in [0.1, 0.15) is 5.60 Å². The molecule has 0 N–H and O–H groups in total. The molecule has 0 bridgehead atoms. The van der Waals surface area contributed by atoms with E-state index in [2.05, 4.69) is 4.89 Å². The minimum atomic E-state index is -0.444. The first-order chi connectivity index (χ1) is 5.17. The monoisotopic (exact) mass is 157 g/mol. The average Bonchev–Trinajstić information content (AvgIpc) is 2.06. The summed E-state index contributed by atoms with van der Waals surface area (Å²) in [7, 11) is 0. The molecule has 1 fully saturated rings. The Hall–Kier alpha value is -0.0800. The van der Waals surface area contributed by atoms with Crippen LogP contribution in [0.4, 0.5) is 0 Å².